The van der Waals surface area contributed by atoms with Crippen molar-refractivity contribution in [2.24, 2.45) is 0 Å². The van der Waals surface area contributed by atoms with Gasteiger partial charge in [0.1, 0.15) is 5.82 Å². The topological polar surface area (TPSA) is 56.1 Å². The number of carbonyl (C=O) groups is 1. The molecule has 0 aliphatic heterocycles. The summed E-state index contributed by atoms with van der Waals surface area (Å²) < 4.78 is 71.3. The molecule has 0 atom stereocenters. The van der Waals surface area contributed by atoms with E-state index < -0.39 is 29.3 Å². The number of hydrogen-bond acceptors (Lipinski definition) is 3. The number of nitrogens with zero attached hydrogens (tertiary/aromatic N) is 2. The first kappa shape index (κ1) is 21.3. The molecule has 158 valence electrons. The first-order chi connectivity index (χ1) is 14.1. The fourth-order valence-electron chi connectivity index (χ4n) is 2.72. The van der Waals surface area contributed by atoms with Crippen LogP contribution in [0.4, 0.5) is 27.6 Å². The van der Waals surface area contributed by atoms with E-state index in [1.807, 2.05) is 0 Å². The lowest BCUT2D eigenvalue weighted by Gasteiger charge is -2.10. The van der Waals surface area contributed by atoms with Gasteiger partial charge in [-0.05, 0) is 50.2 Å². The molecule has 1 heterocycles. The molecule has 5 nitrogen and oxygen atoms in total. The second-order valence-electron chi connectivity index (χ2n) is 6.42. The van der Waals surface area contributed by atoms with Crippen molar-refractivity contribution in [1.82, 2.24) is 9.78 Å². The summed E-state index contributed by atoms with van der Waals surface area (Å²) in [4.78, 5) is 12.4. The van der Waals surface area contributed by atoms with Gasteiger partial charge < -0.3 is 10.1 Å². The number of aromatic nitrogens is 2. The zero-order valence-corrected chi connectivity index (χ0v) is 15.8. The molecule has 0 saturated carbocycles. The van der Waals surface area contributed by atoms with Crippen molar-refractivity contribution in [3.05, 3.63) is 76.6 Å². The molecular formula is C20H16F5N3O2. The number of nitrogens with one attached hydrogen (secondary N) is 1. The van der Waals surface area contributed by atoms with Gasteiger partial charge in [0.25, 0.3) is 5.91 Å². The van der Waals surface area contributed by atoms with E-state index in [0.29, 0.717) is 23.1 Å². The number of benzene rings is 2. The van der Waals surface area contributed by atoms with Crippen LogP contribution >= 0.6 is 0 Å². The molecule has 10 heteroatoms. The Labute approximate surface area is 168 Å². The summed E-state index contributed by atoms with van der Waals surface area (Å²) in [6.45, 7) is 3.04. The van der Waals surface area contributed by atoms with Gasteiger partial charge in [-0.25, -0.2) is 13.5 Å². The van der Waals surface area contributed by atoms with Gasteiger partial charge in [-0.3, -0.25) is 4.79 Å². The molecule has 0 radical (unpaired) electrons. The number of carbonyl (C=O) groups excluding carboxylic acids is 1. The van der Waals surface area contributed by atoms with E-state index in [-0.39, 0.29) is 18.0 Å². The average Bonchev–Trinajstić information content (AvgIpc) is 2.94. The zero-order chi connectivity index (χ0) is 22.1. The molecule has 0 fully saturated rings. The van der Waals surface area contributed by atoms with E-state index in [4.69, 9.17) is 4.74 Å². The summed E-state index contributed by atoms with van der Waals surface area (Å²) in [5.74, 6) is -2.38. The SMILES string of the molecule is Cc1nn(COc2ccc(F)cc2F)c(C)c1NC(=O)c1ccc(C(F)(F)F)cc1. The number of aryl methyl sites for hydroxylation is 1. The minimum Gasteiger partial charge on any atom is -0.468 e. The van der Waals surface area contributed by atoms with E-state index in [1.54, 1.807) is 13.8 Å². The third-order valence-electron chi connectivity index (χ3n) is 4.33. The summed E-state index contributed by atoms with van der Waals surface area (Å²) in [7, 11) is 0. The highest BCUT2D eigenvalue weighted by Crippen LogP contribution is 2.29. The Bertz CT molecular complexity index is 1080. The highest BCUT2D eigenvalue weighted by atomic mass is 19.4. The molecule has 0 unspecified atom stereocenters. The smallest absolute Gasteiger partial charge is 0.416 e. The molecule has 0 aliphatic carbocycles. The number of amides is 1. The van der Waals surface area contributed by atoms with Crippen LogP contribution in [-0.4, -0.2) is 15.7 Å². The van der Waals surface area contributed by atoms with Gasteiger partial charge in [0, 0.05) is 11.6 Å². The minimum atomic E-state index is -4.49. The zero-order valence-electron chi connectivity index (χ0n) is 15.8. The minimum absolute atomic E-state index is 0.0409. The summed E-state index contributed by atoms with van der Waals surface area (Å²) in [6, 6.07) is 6.68. The summed E-state index contributed by atoms with van der Waals surface area (Å²) in [5, 5.41) is 6.80. The number of rotatable bonds is 5. The van der Waals surface area contributed by atoms with Crippen LogP contribution in [0, 0.1) is 25.5 Å². The first-order valence-electron chi connectivity index (χ1n) is 8.66. The third-order valence-corrected chi connectivity index (χ3v) is 4.33. The molecule has 3 aromatic rings. The van der Waals surface area contributed by atoms with Crippen LogP contribution < -0.4 is 10.1 Å². The Morgan fingerprint density at radius 2 is 1.77 bits per heavy atom. The first-order valence-corrected chi connectivity index (χ1v) is 8.66. The standard InChI is InChI=1S/C20H16F5N3O2/c1-11-18(26-19(29)13-3-5-14(6-4-13)20(23,24)25)12(2)28(27-11)10-30-17-8-7-15(21)9-16(17)22/h3-9H,10H2,1-2H3,(H,26,29). The highest BCUT2D eigenvalue weighted by molar-refractivity contribution is 6.04. The van der Waals surface area contributed by atoms with E-state index >= 15 is 0 Å². The van der Waals surface area contributed by atoms with E-state index in [9.17, 15) is 26.7 Å². The number of halogens is 5. The van der Waals surface area contributed by atoms with Crippen molar-refractivity contribution < 1.29 is 31.5 Å². The van der Waals surface area contributed by atoms with Gasteiger partial charge in [0.15, 0.2) is 18.3 Å². The van der Waals surface area contributed by atoms with Crippen molar-refractivity contribution in [1.29, 1.82) is 0 Å². The van der Waals surface area contributed by atoms with Crippen LogP contribution in [-0.2, 0) is 12.9 Å². The summed E-state index contributed by atoms with van der Waals surface area (Å²) in [6.07, 6.45) is -4.49. The lowest BCUT2D eigenvalue weighted by Crippen LogP contribution is -2.14. The monoisotopic (exact) mass is 425 g/mol. The van der Waals surface area contributed by atoms with Gasteiger partial charge in [0.05, 0.1) is 22.6 Å². The quantitative estimate of drug-likeness (QED) is 0.580. The van der Waals surface area contributed by atoms with Crippen LogP contribution in [0.2, 0.25) is 0 Å². The fraction of sp³-hybridized carbons (Fsp3) is 0.200. The number of anilines is 1. The molecule has 0 aliphatic rings. The number of hydrogen-bond donors (Lipinski definition) is 1. The summed E-state index contributed by atoms with van der Waals surface area (Å²) >= 11 is 0. The van der Waals surface area contributed by atoms with Gasteiger partial charge in [-0.2, -0.15) is 18.3 Å². The predicted molar refractivity (Wildman–Crippen MR) is 98.1 cm³/mol. The van der Waals surface area contributed by atoms with Crippen molar-refractivity contribution in [3.8, 4) is 5.75 Å². The van der Waals surface area contributed by atoms with Gasteiger partial charge in [-0.1, -0.05) is 0 Å². The van der Waals surface area contributed by atoms with Crippen LogP contribution in [0.3, 0.4) is 0 Å². The largest absolute Gasteiger partial charge is 0.468 e. The molecule has 30 heavy (non-hydrogen) atoms. The molecule has 2 aromatic carbocycles. The van der Waals surface area contributed by atoms with Crippen molar-refractivity contribution >= 4 is 11.6 Å². The average molecular weight is 425 g/mol. The molecule has 3 rings (SSSR count). The van der Waals surface area contributed by atoms with Gasteiger partial charge in [0.2, 0.25) is 0 Å². The van der Waals surface area contributed by atoms with Crippen molar-refractivity contribution in [2.75, 3.05) is 5.32 Å². The highest BCUT2D eigenvalue weighted by Gasteiger charge is 2.30. The van der Waals surface area contributed by atoms with E-state index in [1.165, 1.54) is 4.68 Å². The second-order valence-corrected chi connectivity index (χ2v) is 6.42. The maximum atomic E-state index is 13.7. The molecule has 1 N–H and O–H groups in total. The summed E-state index contributed by atoms with van der Waals surface area (Å²) in [5.41, 5.74) is 0.442. The third kappa shape index (κ3) is 4.58. The maximum absolute atomic E-state index is 13.7. The van der Waals surface area contributed by atoms with Crippen LogP contribution in [0.5, 0.6) is 5.75 Å². The van der Waals surface area contributed by atoms with Gasteiger partial charge in [-0.15, -0.1) is 0 Å². The molecular weight excluding hydrogens is 409 g/mol. The van der Waals surface area contributed by atoms with Crippen LogP contribution in [0.15, 0.2) is 42.5 Å². The lowest BCUT2D eigenvalue weighted by molar-refractivity contribution is -0.137. The van der Waals surface area contributed by atoms with Gasteiger partial charge >= 0.3 is 6.18 Å². The molecule has 0 spiro atoms. The van der Waals surface area contributed by atoms with Crippen LogP contribution in [0.25, 0.3) is 0 Å². The maximum Gasteiger partial charge on any atom is 0.416 e. The van der Waals surface area contributed by atoms with E-state index in [2.05, 4.69) is 10.4 Å². The Morgan fingerprint density at radius 3 is 2.37 bits per heavy atom. The van der Waals surface area contributed by atoms with Crippen LogP contribution in [0.1, 0.15) is 27.3 Å². The Kier molecular flexibility index (Phi) is 5.77. The predicted octanol–water partition coefficient (Wildman–Crippen LogP) is 5.09. The number of ether oxygens (including phenoxy) is 1. The molecule has 1 aromatic heterocycles. The molecule has 0 bridgehead atoms. The molecule has 1 amide bonds. The Hall–Kier alpha value is -3.43. The fourth-order valence-corrected chi connectivity index (χ4v) is 2.72. The second kappa shape index (κ2) is 8.13. The normalized spacial score (nSPS) is 11.4. The molecule has 0 saturated heterocycles. The van der Waals surface area contributed by atoms with E-state index in [0.717, 1.165) is 36.4 Å². The number of alkyl halides is 3. The van der Waals surface area contributed by atoms with Crippen molar-refractivity contribution in [2.45, 2.75) is 26.8 Å². The Morgan fingerprint density at radius 1 is 1.10 bits per heavy atom. The van der Waals surface area contributed by atoms with Crippen molar-refractivity contribution in [3.63, 3.8) is 0 Å². The lowest BCUT2D eigenvalue weighted by atomic mass is 10.1. The Balaban J connectivity index is 1.72.